The normalized spacial score (nSPS) is 27.4. The number of urea groups is 1. The summed E-state index contributed by atoms with van der Waals surface area (Å²) in [6, 6.07) is 2.11. The maximum absolute atomic E-state index is 13.1. The highest BCUT2D eigenvalue weighted by Crippen LogP contribution is 2.63. The number of alkyl halides is 4. The minimum absolute atomic E-state index is 0.0870. The number of amides is 2. The molecule has 2 N–H and O–H groups in total. The molecule has 5 nitrogen and oxygen atoms in total. The number of fused-ring (bicyclic) bond motifs is 1. The fourth-order valence-electron chi connectivity index (χ4n) is 3.07. The number of nitrogens with zero attached hydrogens (tertiary/aromatic N) is 1. The van der Waals surface area contributed by atoms with E-state index in [0.29, 0.717) is 5.56 Å². The van der Waals surface area contributed by atoms with Crippen LogP contribution >= 0.6 is 0 Å². The van der Waals surface area contributed by atoms with Crippen molar-refractivity contribution in [3.8, 4) is 5.88 Å². The zero-order valence-corrected chi connectivity index (χ0v) is 11.9. The Bertz CT molecular complexity index is 585. The van der Waals surface area contributed by atoms with Gasteiger partial charge >= 0.3 is 12.6 Å². The van der Waals surface area contributed by atoms with Gasteiger partial charge in [0, 0.05) is 36.7 Å². The van der Waals surface area contributed by atoms with E-state index in [1.807, 2.05) is 0 Å². The van der Waals surface area contributed by atoms with Gasteiger partial charge in [-0.15, -0.1) is 0 Å². The van der Waals surface area contributed by atoms with E-state index in [9.17, 15) is 22.4 Å². The fraction of sp³-hybridized carbons (Fsp3) is 0.571. The zero-order chi connectivity index (χ0) is 16.6. The van der Waals surface area contributed by atoms with E-state index in [0.717, 1.165) is 0 Å². The van der Waals surface area contributed by atoms with Crippen LogP contribution in [0.3, 0.4) is 0 Å². The first kappa shape index (κ1) is 15.8. The first-order valence-corrected chi connectivity index (χ1v) is 7.18. The smallest absolute Gasteiger partial charge is 0.388 e. The SMILES string of the molecule is O=C(NCc1ccnc(OC(F)F)c1)NC1C[C@@H]2[C@H](C1)C2(F)F. The van der Waals surface area contributed by atoms with E-state index in [1.165, 1.54) is 12.3 Å². The zero-order valence-electron chi connectivity index (χ0n) is 11.9. The lowest BCUT2D eigenvalue weighted by Gasteiger charge is -2.16. The molecular weight excluding hydrogens is 318 g/mol. The molecule has 0 spiro atoms. The van der Waals surface area contributed by atoms with Crippen LogP contribution < -0.4 is 15.4 Å². The number of carbonyl (C=O) groups excluding carboxylic acids is 1. The second-order valence-corrected chi connectivity index (χ2v) is 5.76. The predicted molar refractivity (Wildman–Crippen MR) is 71.2 cm³/mol. The molecule has 126 valence electrons. The van der Waals surface area contributed by atoms with Crippen molar-refractivity contribution in [1.29, 1.82) is 0 Å². The maximum atomic E-state index is 13.1. The largest absolute Gasteiger partial charge is 0.417 e. The van der Waals surface area contributed by atoms with Gasteiger partial charge in [0.1, 0.15) is 0 Å². The van der Waals surface area contributed by atoms with Crippen molar-refractivity contribution in [2.75, 3.05) is 0 Å². The Morgan fingerprint density at radius 2 is 2.09 bits per heavy atom. The van der Waals surface area contributed by atoms with E-state index < -0.39 is 30.4 Å². The summed E-state index contributed by atoms with van der Waals surface area (Å²) >= 11 is 0. The van der Waals surface area contributed by atoms with Crippen LogP contribution in [0.15, 0.2) is 18.3 Å². The molecule has 1 unspecified atom stereocenters. The van der Waals surface area contributed by atoms with Crippen molar-refractivity contribution in [1.82, 2.24) is 15.6 Å². The molecule has 2 saturated carbocycles. The number of ether oxygens (including phenoxy) is 1. The molecule has 2 aliphatic carbocycles. The van der Waals surface area contributed by atoms with Gasteiger partial charge in [0.15, 0.2) is 0 Å². The molecule has 0 saturated heterocycles. The van der Waals surface area contributed by atoms with Crippen molar-refractivity contribution in [3.05, 3.63) is 23.9 Å². The van der Waals surface area contributed by atoms with Crippen LogP contribution in [0, 0.1) is 11.8 Å². The van der Waals surface area contributed by atoms with Crippen LogP contribution in [0.5, 0.6) is 5.88 Å². The minimum Gasteiger partial charge on any atom is -0.417 e. The van der Waals surface area contributed by atoms with Gasteiger partial charge in [-0.05, 0) is 24.5 Å². The number of carbonyl (C=O) groups is 1. The Hall–Kier alpha value is -2.06. The van der Waals surface area contributed by atoms with E-state index in [2.05, 4.69) is 20.4 Å². The van der Waals surface area contributed by atoms with Crippen molar-refractivity contribution in [2.24, 2.45) is 11.8 Å². The first-order valence-electron chi connectivity index (χ1n) is 7.18. The van der Waals surface area contributed by atoms with Crippen LogP contribution in [0.25, 0.3) is 0 Å². The van der Waals surface area contributed by atoms with Gasteiger partial charge in [0.05, 0.1) is 0 Å². The molecule has 0 aromatic carbocycles. The molecule has 3 atom stereocenters. The summed E-state index contributed by atoms with van der Waals surface area (Å²) in [6.07, 6.45) is 1.86. The van der Waals surface area contributed by atoms with Crippen LogP contribution in [-0.4, -0.2) is 29.6 Å². The highest BCUT2D eigenvalue weighted by molar-refractivity contribution is 5.74. The molecule has 3 rings (SSSR count). The number of hydrogen-bond donors (Lipinski definition) is 2. The van der Waals surface area contributed by atoms with Gasteiger partial charge < -0.3 is 15.4 Å². The lowest BCUT2D eigenvalue weighted by atomic mass is 10.1. The summed E-state index contributed by atoms with van der Waals surface area (Å²) in [4.78, 5) is 15.4. The van der Waals surface area contributed by atoms with E-state index >= 15 is 0 Å². The summed E-state index contributed by atoms with van der Waals surface area (Å²) in [5.41, 5.74) is 0.534. The Balaban J connectivity index is 1.43. The third-order valence-corrected chi connectivity index (χ3v) is 4.24. The van der Waals surface area contributed by atoms with Crippen LogP contribution in [0.2, 0.25) is 0 Å². The summed E-state index contributed by atoms with van der Waals surface area (Å²) in [7, 11) is 0. The van der Waals surface area contributed by atoms with Gasteiger partial charge in [-0.25, -0.2) is 18.6 Å². The number of rotatable bonds is 5. The monoisotopic (exact) mass is 333 g/mol. The molecule has 1 heterocycles. The Morgan fingerprint density at radius 3 is 2.74 bits per heavy atom. The van der Waals surface area contributed by atoms with Crippen molar-refractivity contribution >= 4 is 6.03 Å². The molecule has 1 aromatic heterocycles. The topological polar surface area (TPSA) is 63.2 Å². The molecular formula is C14H15F4N3O2. The second kappa shape index (κ2) is 5.86. The molecule has 0 aliphatic heterocycles. The van der Waals surface area contributed by atoms with Crippen LogP contribution in [0.4, 0.5) is 22.4 Å². The molecule has 1 aromatic rings. The highest BCUT2D eigenvalue weighted by atomic mass is 19.3. The number of hydrogen-bond acceptors (Lipinski definition) is 3. The van der Waals surface area contributed by atoms with Gasteiger partial charge in [0.25, 0.3) is 5.92 Å². The van der Waals surface area contributed by atoms with Gasteiger partial charge in [-0.1, -0.05) is 0 Å². The Labute approximate surface area is 129 Å². The number of nitrogens with one attached hydrogen (secondary N) is 2. The van der Waals surface area contributed by atoms with Gasteiger partial charge in [-0.2, -0.15) is 8.78 Å². The highest BCUT2D eigenvalue weighted by Gasteiger charge is 2.71. The third kappa shape index (κ3) is 3.48. The Morgan fingerprint density at radius 1 is 1.39 bits per heavy atom. The Kier molecular flexibility index (Phi) is 4.03. The van der Waals surface area contributed by atoms with Crippen molar-refractivity contribution in [2.45, 2.75) is 38.0 Å². The van der Waals surface area contributed by atoms with E-state index in [1.54, 1.807) is 6.07 Å². The van der Waals surface area contributed by atoms with Gasteiger partial charge in [-0.3, -0.25) is 0 Å². The fourth-order valence-corrected chi connectivity index (χ4v) is 3.07. The summed E-state index contributed by atoms with van der Waals surface area (Å²) in [5.74, 6) is -4.02. The number of aromatic nitrogens is 1. The van der Waals surface area contributed by atoms with Crippen LogP contribution in [-0.2, 0) is 6.54 Å². The minimum atomic E-state index is -2.97. The van der Waals surface area contributed by atoms with Crippen LogP contribution in [0.1, 0.15) is 18.4 Å². The van der Waals surface area contributed by atoms with Crippen molar-refractivity contribution in [3.63, 3.8) is 0 Å². The van der Waals surface area contributed by atoms with Gasteiger partial charge in [0.2, 0.25) is 5.88 Å². The molecule has 0 radical (unpaired) electrons. The summed E-state index contributed by atoms with van der Waals surface area (Å²) in [6.45, 7) is -2.88. The molecule has 23 heavy (non-hydrogen) atoms. The molecule has 2 fully saturated rings. The average molecular weight is 333 g/mol. The standard InChI is InChI=1S/C14H15F4N3O2/c15-12(16)23-11-3-7(1-2-19-11)6-20-13(22)21-8-4-9-10(5-8)14(9,17)18/h1-3,8-10,12H,4-6H2,(H2,20,21,22)/t8?,9-,10+. The van der Waals surface area contributed by atoms with E-state index in [-0.39, 0.29) is 31.3 Å². The summed E-state index contributed by atoms with van der Waals surface area (Å²) in [5, 5.41) is 5.19. The van der Waals surface area contributed by atoms with E-state index in [4.69, 9.17) is 0 Å². The number of halogens is 4. The van der Waals surface area contributed by atoms with Crippen molar-refractivity contribution < 1.29 is 27.1 Å². The molecule has 9 heteroatoms. The lowest BCUT2D eigenvalue weighted by molar-refractivity contribution is -0.0529. The quantitative estimate of drug-likeness (QED) is 0.814. The predicted octanol–water partition coefficient (Wildman–Crippen LogP) is 2.53. The second-order valence-electron chi connectivity index (χ2n) is 5.76. The third-order valence-electron chi connectivity index (χ3n) is 4.24. The first-order chi connectivity index (χ1) is 10.9. The summed E-state index contributed by atoms with van der Waals surface area (Å²) < 4.78 is 54.4. The number of pyridine rings is 1. The lowest BCUT2D eigenvalue weighted by Crippen LogP contribution is -2.41. The maximum Gasteiger partial charge on any atom is 0.388 e. The average Bonchev–Trinajstić information content (AvgIpc) is 2.84. The molecule has 2 aliphatic rings. The molecule has 0 bridgehead atoms. The molecule has 2 amide bonds.